The lowest BCUT2D eigenvalue weighted by Crippen LogP contribution is -2.68. The van der Waals surface area contributed by atoms with Gasteiger partial charge in [-0.05, 0) is 36.8 Å². The van der Waals surface area contributed by atoms with Crippen molar-refractivity contribution in [2.75, 3.05) is 11.5 Å². The zero-order valence-electron chi connectivity index (χ0n) is 16.3. The van der Waals surface area contributed by atoms with E-state index in [0.29, 0.717) is 16.7 Å². The van der Waals surface area contributed by atoms with Gasteiger partial charge in [0.25, 0.3) is 0 Å². The van der Waals surface area contributed by atoms with Gasteiger partial charge >= 0.3 is 5.97 Å². The average Bonchev–Trinajstić information content (AvgIpc) is 3.09. The third-order valence-electron chi connectivity index (χ3n) is 4.13. The number of primary amides is 1. The SMILES string of the molecule is CC(C)(C)OC(=O)C1=C(CSc2nnnn2CCC(N)=O)CSC2C(N)C(=O)N12. The predicted molar refractivity (Wildman–Crippen MR) is 106 cm³/mol. The number of carbonyl (C=O) groups excluding carboxylic acids is 3. The van der Waals surface area contributed by atoms with E-state index in [2.05, 4.69) is 15.5 Å². The number of nitrogens with two attached hydrogens (primary N) is 2. The molecule has 2 unspecified atom stereocenters. The van der Waals surface area contributed by atoms with Crippen LogP contribution in [0.25, 0.3) is 0 Å². The Morgan fingerprint density at radius 3 is 2.76 bits per heavy atom. The van der Waals surface area contributed by atoms with Crippen molar-refractivity contribution in [2.45, 2.75) is 55.9 Å². The first-order valence-electron chi connectivity index (χ1n) is 8.91. The van der Waals surface area contributed by atoms with Crippen LogP contribution < -0.4 is 11.5 Å². The van der Waals surface area contributed by atoms with Crippen molar-refractivity contribution in [3.63, 3.8) is 0 Å². The quantitative estimate of drug-likeness (QED) is 0.320. The second kappa shape index (κ2) is 8.32. The van der Waals surface area contributed by atoms with E-state index in [1.165, 1.54) is 33.1 Å². The van der Waals surface area contributed by atoms with Gasteiger partial charge in [-0.15, -0.1) is 16.9 Å². The van der Waals surface area contributed by atoms with Gasteiger partial charge in [-0.25, -0.2) is 9.48 Å². The number of fused-ring (bicyclic) bond motifs is 1. The molecule has 0 radical (unpaired) electrons. The zero-order valence-corrected chi connectivity index (χ0v) is 18.0. The highest BCUT2D eigenvalue weighted by Gasteiger charge is 2.52. The number of esters is 1. The Kier molecular flexibility index (Phi) is 6.19. The van der Waals surface area contributed by atoms with E-state index in [1.807, 2.05) is 0 Å². The summed E-state index contributed by atoms with van der Waals surface area (Å²) in [6.07, 6.45) is 0.113. The van der Waals surface area contributed by atoms with Crippen molar-refractivity contribution in [1.82, 2.24) is 25.1 Å². The summed E-state index contributed by atoms with van der Waals surface area (Å²) in [7, 11) is 0. The van der Waals surface area contributed by atoms with Crippen LogP contribution in [0.4, 0.5) is 0 Å². The van der Waals surface area contributed by atoms with Gasteiger partial charge in [0.1, 0.15) is 22.7 Å². The number of aromatic nitrogens is 4. The first kappa shape index (κ1) is 21.6. The van der Waals surface area contributed by atoms with Crippen LogP contribution in [-0.4, -0.2) is 71.4 Å². The van der Waals surface area contributed by atoms with E-state index in [9.17, 15) is 14.4 Å². The van der Waals surface area contributed by atoms with Crippen molar-refractivity contribution in [1.29, 1.82) is 0 Å². The maximum atomic E-state index is 12.8. The Morgan fingerprint density at radius 2 is 2.10 bits per heavy atom. The van der Waals surface area contributed by atoms with Crippen LogP contribution in [0.15, 0.2) is 16.4 Å². The molecule has 0 saturated carbocycles. The summed E-state index contributed by atoms with van der Waals surface area (Å²) < 4.78 is 7.00. The third-order valence-corrected chi connectivity index (χ3v) is 6.53. The minimum atomic E-state index is -0.697. The lowest BCUT2D eigenvalue weighted by Gasteiger charge is -2.48. The van der Waals surface area contributed by atoms with Crippen LogP contribution in [0.5, 0.6) is 0 Å². The summed E-state index contributed by atoms with van der Waals surface area (Å²) in [6, 6.07) is -0.618. The van der Waals surface area contributed by atoms with Gasteiger partial charge in [0.05, 0.1) is 6.54 Å². The molecule has 1 saturated heterocycles. The van der Waals surface area contributed by atoms with Crippen molar-refractivity contribution in [3.05, 3.63) is 11.3 Å². The summed E-state index contributed by atoms with van der Waals surface area (Å²) >= 11 is 2.82. The van der Waals surface area contributed by atoms with Crippen LogP contribution in [0, 0.1) is 0 Å². The molecule has 0 spiro atoms. The smallest absolute Gasteiger partial charge is 0.355 e. The molecule has 0 aromatic carbocycles. The number of carbonyl (C=O) groups is 3. The highest BCUT2D eigenvalue weighted by Crippen LogP contribution is 2.41. The zero-order chi connectivity index (χ0) is 21.3. The minimum absolute atomic E-state index is 0.113. The average molecular weight is 442 g/mol. The van der Waals surface area contributed by atoms with E-state index in [4.69, 9.17) is 16.2 Å². The van der Waals surface area contributed by atoms with Crippen molar-refractivity contribution >= 4 is 41.3 Å². The first-order valence-corrected chi connectivity index (χ1v) is 10.9. The fourth-order valence-corrected chi connectivity index (χ4v) is 5.15. The van der Waals surface area contributed by atoms with Gasteiger partial charge in [0.15, 0.2) is 0 Å². The maximum absolute atomic E-state index is 12.8. The van der Waals surface area contributed by atoms with Crippen LogP contribution in [-0.2, 0) is 25.7 Å². The summed E-state index contributed by atoms with van der Waals surface area (Å²) in [5, 5.41) is 11.6. The van der Waals surface area contributed by atoms with E-state index >= 15 is 0 Å². The number of hydrogen-bond donors (Lipinski definition) is 2. The van der Waals surface area contributed by atoms with Gasteiger partial charge in [-0.3, -0.25) is 14.5 Å². The van der Waals surface area contributed by atoms with Crippen LogP contribution in [0.2, 0.25) is 0 Å². The molecule has 2 aliphatic heterocycles. The number of ether oxygens (including phenoxy) is 1. The lowest BCUT2D eigenvalue weighted by atomic mass is 10.0. The Balaban J connectivity index is 1.81. The number of hydrogen-bond acceptors (Lipinski definition) is 10. The number of amides is 2. The molecule has 1 aromatic heterocycles. The van der Waals surface area contributed by atoms with Crippen molar-refractivity contribution in [3.8, 4) is 0 Å². The molecule has 3 heterocycles. The molecule has 3 rings (SSSR count). The van der Waals surface area contributed by atoms with Gasteiger partial charge in [-0.1, -0.05) is 11.8 Å². The molecule has 29 heavy (non-hydrogen) atoms. The molecular formula is C16H23N7O4S2. The standard InChI is InChI=1S/C16H23N7O4S2/c1-16(2,3)27-14(26)11-8(6-28-13-10(18)12(25)23(11)13)7-29-15-19-20-21-22(15)5-4-9(17)24/h10,13H,4-7,18H2,1-3H3,(H2,17,24). The number of nitrogens with zero attached hydrogens (tertiary/aromatic N) is 5. The predicted octanol–water partition coefficient (Wildman–Crippen LogP) is -0.521. The second-order valence-electron chi connectivity index (χ2n) is 7.58. The highest BCUT2D eigenvalue weighted by atomic mass is 32.2. The molecule has 1 fully saturated rings. The van der Waals surface area contributed by atoms with Crippen molar-refractivity contribution < 1.29 is 19.1 Å². The summed E-state index contributed by atoms with van der Waals surface area (Å²) in [6.45, 7) is 5.57. The minimum Gasteiger partial charge on any atom is -0.455 e. The third kappa shape index (κ3) is 4.73. The highest BCUT2D eigenvalue weighted by molar-refractivity contribution is 8.01. The molecule has 2 amide bonds. The monoisotopic (exact) mass is 441 g/mol. The first-order chi connectivity index (χ1) is 13.6. The summed E-state index contributed by atoms with van der Waals surface area (Å²) in [4.78, 5) is 37.6. The molecular weight excluding hydrogens is 418 g/mol. The Bertz CT molecular complexity index is 864. The Morgan fingerprint density at radius 1 is 1.38 bits per heavy atom. The summed E-state index contributed by atoms with van der Waals surface area (Å²) in [5.74, 6) is -0.380. The van der Waals surface area contributed by atoms with Gasteiger partial charge in [0.2, 0.25) is 17.0 Å². The molecule has 11 nitrogen and oxygen atoms in total. The largest absolute Gasteiger partial charge is 0.455 e. The van der Waals surface area contributed by atoms with Crippen molar-refractivity contribution in [2.24, 2.45) is 11.5 Å². The van der Waals surface area contributed by atoms with E-state index < -0.39 is 23.5 Å². The van der Waals surface area contributed by atoms with Crippen LogP contribution in [0.1, 0.15) is 27.2 Å². The normalized spacial score (nSPS) is 21.7. The van der Waals surface area contributed by atoms with E-state index in [1.54, 1.807) is 20.8 Å². The van der Waals surface area contributed by atoms with Gasteiger partial charge in [-0.2, -0.15) is 0 Å². The topological polar surface area (TPSA) is 159 Å². The molecule has 158 valence electrons. The van der Waals surface area contributed by atoms with Crippen LogP contribution >= 0.6 is 23.5 Å². The molecule has 13 heteroatoms. The summed E-state index contributed by atoms with van der Waals surface area (Å²) in [5.41, 5.74) is 11.4. The Labute approximate surface area is 175 Å². The molecule has 4 N–H and O–H groups in total. The molecule has 1 aromatic rings. The number of β-lactam (4-membered cyclic amide) rings is 1. The fraction of sp³-hybridized carbons (Fsp3) is 0.625. The molecule has 2 aliphatic rings. The number of rotatable bonds is 7. The number of tetrazole rings is 1. The van der Waals surface area contributed by atoms with Crippen LogP contribution in [0.3, 0.4) is 0 Å². The number of thioether (sulfide) groups is 2. The molecule has 2 atom stereocenters. The van der Waals surface area contributed by atoms with E-state index in [-0.39, 0.29) is 29.9 Å². The maximum Gasteiger partial charge on any atom is 0.355 e. The van der Waals surface area contributed by atoms with Gasteiger partial charge in [0, 0.05) is 17.9 Å². The second-order valence-corrected chi connectivity index (χ2v) is 9.63. The molecule has 0 aliphatic carbocycles. The Hall–Kier alpha value is -2.12. The molecule has 0 bridgehead atoms. The van der Waals surface area contributed by atoms with Gasteiger partial charge < -0.3 is 16.2 Å². The lowest BCUT2D eigenvalue weighted by molar-refractivity contribution is -0.157. The fourth-order valence-electron chi connectivity index (χ4n) is 2.81. The number of aryl methyl sites for hydroxylation is 1. The van der Waals surface area contributed by atoms with E-state index in [0.717, 1.165) is 5.57 Å².